The first-order valence-corrected chi connectivity index (χ1v) is 18.8. The number of benzene rings is 1. The number of thiazole rings is 1. The zero-order chi connectivity index (χ0) is 36.4. The summed E-state index contributed by atoms with van der Waals surface area (Å²) >= 11 is 1.60. The van der Waals surface area contributed by atoms with Crippen LogP contribution in [0.2, 0.25) is 0 Å². The molecule has 4 aromatic heterocycles. The summed E-state index contributed by atoms with van der Waals surface area (Å²) in [6.45, 7) is 7.59. The molecule has 5 aromatic rings. The molecule has 14 nitrogen and oxygen atoms in total. The summed E-state index contributed by atoms with van der Waals surface area (Å²) in [5, 5.41) is 2.70. The molecule has 0 saturated carbocycles. The van der Waals surface area contributed by atoms with E-state index in [1.807, 2.05) is 35.5 Å². The van der Waals surface area contributed by atoms with Crippen molar-refractivity contribution in [2.75, 3.05) is 26.8 Å². The Hall–Kier alpha value is -5.18. The molecule has 2 aliphatic rings. The van der Waals surface area contributed by atoms with Crippen LogP contribution in [0.15, 0.2) is 49.1 Å². The maximum absolute atomic E-state index is 13.5. The second-order valence-corrected chi connectivity index (χ2v) is 14.7. The SMILES string of the molecule is CCCCOC(=O)N1CCCC1c1ncc(-c2cn3cc(-c4ccc(-c5cnc([C@@H]6CCCN6C(=O)[C@@H](NC(=O)OC)C(C)C)[nH]5)cc4)sc3n2)[nH]1. The summed E-state index contributed by atoms with van der Waals surface area (Å²) in [5.74, 6) is 1.26. The third-order valence-corrected chi connectivity index (χ3v) is 10.9. The summed E-state index contributed by atoms with van der Waals surface area (Å²) in [7, 11) is 1.29. The lowest BCUT2D eigenvalue weighted by Crippen LogP contribution is -2.51. The minimum absolute atomic E-state index is 0.0965. The van der Waals surface area contributed by atoms with Crippen LogP contribution in [0.4, 0.5) is 9.59 Å². The third kappa shape index (κ3) is 7.14. The van der Waals surface area contributed by atoms with Crippen molar-refractivity contribution in [3.8, 4) is 33.1 Å². The van der Waals surface area contributed by atoms with Gasteiger partial charge in [-0.2, -0.15) is 0 Å². The lowest BCUT2D eigenvalue weighted by Gasteiger charge is -2.30. The Morgan fingerprint density at radius 3 is 2.27 bits per heavy atom. The predicted molar refractivity (Wildman–Crippen MR) is 196 cm³/mol. The van der Waals surface area contributed by atoms with Crippen molar-refractivity contribution in [2.45, 2.75) is 77.4 Å². The average Bonchev–Trinajstić information content (AvgIpc) is 3.99. The van der Waals surface area contributed by atoms with Crippen molar-refractivity contribution < 1.29 is 23.9 Å². The van der Waals surface area contributed by atoms with E-state index < -0.39 is 12.1 Å². The maximum Gasteiger partial charge on any atom is 0.410 e. The summed E-state index contributed by atoms with van der Waals surface area (Å²) < 4.78 is 12.2. The van der Waals surface area contributed by atoms with Gasteiger partial charge in [-0.1, -0.05) is 62.8 Å². The van der Waals surface area contributed by atoms with E-state index in [4.69, 9.17) is 14.5 Å². The topological polar surface area (TPSA) is 163 Å². The number of fused-ring (bicyclic) bond motifs is 1. The molecule has 2 saturated heterocycles. The predicted octanol–water partition coefficient (Wildman–Crippen LogP) is 6.96. The minimum atomic E-state index is -0.679. The van der Waals surface area contributed by atoms with E-state index in [-0.39, 0.29) is 30.0 Å². The number of likely N-dealkylation sites (tertiary alicyclic amines) is 2. The van der Waals surface area contributed by atoms with Gasteiger partial charge in [0.15, 0.2) is 4.96 Å². The molecule has 3 amide bonds. The number of methoxy groups -OCH3 is 1. The number of hydrogen-bond acceptors (Lipinski definition) is 9. The maximum atomic E-state index is 13.5. The number of alkyl carbamates (subject to hydrolysis) is 1. The number of aromatic amines is 2. The van der Waals surface area contributed by atoms with E-state index in [1.165, 1.54) is 7.11 Å². The lowest BCUT2D eigenvalue weighted by molar-refractivity contribution is -0.135. The molecule has 1 unspecified atom stereocenters. The molecule has 0 spiro atoms. The number of carbonyl (C=O) groups is 3. The first-order chi connectivity index (χ1) is 25.2. The Balaban J connectivity index is 1.01. The number of nitrogens with one attached hydrogen (secondary N) is 3. The van der Waals surface area contributed by atoms with Crippen LogP contribution in [-0.2, 0) is 14.3 Å². The molecule has 3 N–H and O–H groups in total. The Morgan fingerprint density at radius 1 is 0.942 bits per heavy atom. The van der Waals surface area contributed by atoms with Crippen LogP contribution in [0.5, 0.6) is 0 Å². The van der Waals surface area contributed by atoms with Crippen LogP contribution < -0.4 is 5.32 Å². The van der Waals surface area contributed by atoms with Gasteiger partial charge in [-0.25, -0.2) is 24.5 Å². The molecular formula is C37H45N9O5S. The summed E-state index contributed by atoms with van der Waals surface area (Å²) in [6, 6.07) is 7.29. The molecule has 6 heterocycles. The summed E-state index contributed by atoms with van der Waals surface area (Å²) in [4.78, 5) is 64.7. The molecular weight excluding hydrogens is 683 g/mol. The van der Waals surface area contributed by atoms with Gasteiger partial charge in [0.2, 0.25) is 5.91 Å². The number of rotatable bonds is 11. The number of H-pyrrole nitrogens is 2. The second kappa shape index (κ2) is 15.2. The Kier molecular flexibility index (Phi) is 10.3. The average molecular weight is 728 g/mol. The number of carbonyl (C=O) groups excluding carboxylic acids is 3. The molecule has 0 aliphatic carbocycles. The second-order valence-electron chi connectivity index (χ2n) is 13.7. The van der Waals surface area contributed by atoms with Gasteiger partial charge < -0.3 is 29.7 Å². The van der Waals surface area contributed by atoms with Crippen molar-refractivity contribution in [2.24, 2.45) is 5.92 Å². The fraction of sp³-hybridized carbons (Fsp3) is 0.459. The van der Waals surface area contributed by atoms with Crippen molar-refractivity contribution in [1.29, 1.82) is 0 Å². The van der Waals surface area contributed by atoms with E-state index in [0.29, 0.717) is 19.7 Å². The fourth-order valence-corrected chi connectivity index (χ4v) is 7.98. The van der Waals surface area contributed by atoms with Crippen LogP contribution in [0.1, 0.15) is 83.0 Å². The Bertz CT molecular complexity index is 2000. The van der Waals surface area contributed by atoms with Gasteiger partial charge in [-0.15, -0.1) is 0 Å². The van der Waals surface area contributed by atoms with Crippen LogP contribution in [0.3, 0.4) is 0 Å². The molecule has 2 fully saturated rings. The number of ether oxygens (including phenoxy) is 2. The van der Waals surface area contributed by atoms with Crippen LogP contribution in [0.25, 0.3) is 38.0 Å². The van der Waals surface area contributed by atoms with Crippen LogP contribution in [0, 0.1) is 5.92 Å². The molecule has 2 aliphatic heterocycles. The molecule has 52 heavy (non-hydrogen) atoms. The van der Waals surface area contributed by atoms with E-state index in [2.05, 4.69) is 62.6 Å². The first-order valence-electron chi connectivity index (χ1n) is 18.0. The highest BCUT2D eigenvalue weighted by Crippen LogP contribution is 2.36. The number of hydrogen-bond donors (Lipinski definition) is 3. The van der Waals surface area contributed by atoms with Gasteiger partial charge in [-0.3, -0.25) is 14.1 Å². The van der Waals surface area contributed by atoms with Gasteiger partial charge in [0.25, 0.3) is 0 Å². The normalized spacial score (nSPS) is 18.0. The first kappa shape index (κ1) is 35.2. The van der Waals surface area contributed by atoms with Gasteiger partial charge in [0.05, 0.1) is 54.5 Å². The standard InChI is InChI=1S/C37H45N9O5S/c1-5-6-17-51-37(49)46-16-8-10-29(46)33-39-19-26(41-33)27-20-44-21-30(52-35(44)42-27)24-13-11-23(12-14-24)25-18-38-32(40-25)28-9-7-15-45(28)34(47)31(22(2)3)43-36(48)50-4/h11-14,18-22,28-29,31H,5-10,15-17H2,1-4H3,(H,38,40)(H,39,41)(H,43,48)/t28-,29?,31-/m0/s1. The number of imidazole rings is 3. The molecule has 3 atom stereocenters. The molecule has 15 heteroatoms. The molecule has 0 bridgehead atoms. The summed E-state index contributed by atoms with van der Waals surface area (Å²) in [5.41, 5.74) is 4.53. The highest BCUT2D eigenvalue weighted by Gasteiger charge is 2.37. The van der Waals surface area contributed by atoms with E-state index in [0.717, 1.165) is 88.2 Å². The quantitative estimate of drug-likeness (QED) is 0.123. The minimum Gasteiger partial charge on any atom is -0.453 e. The van der Waals surface area contributed by atoms with Gasteiger partial charge >= 0.3 is 12.2 Å². The van der Waals surface area contributed by atoms with Gasteiger partial charge in [-0.05, 0) is 49.1 Å². The van der Waals surface area contributed by atoms with Crippen LogP contribution >= 0.6 is 11.3 Å². The van der Waals surface area contributed by atoms with E-state index in [1.54, 1.807) is 22.4 Å². The molecule has 274 valence electrons. The van der Waals surface area contributed by atoms with Crippen LogP contribution in [-0.4, -0.2) is 90.1 Å². The monoisotopic (exact) mass is 727 g/mol. The number of nitrogens with zero attached hydrogens (tertiary/aromatic N) is 6. The van der Waals surface area contributed by atoms with Crippen molar-refractivity contribution >= 4 is 34.4 Å². The Labute approximate surface area is 306 Å². The zero-order valence-corrected chi connectivity index (χ0v) is 30.7. The summed E-state index contributed by atoms with van der Waals surface area (Å²) in [6.07, 6.45) is 12.0. The number of amides is 3. The highest BCUT2D eigenvalue weighted by atomic mass is 32.1. The lowest BCUT2D eigenvalue weighted by atomic mass is 10.0. The van der Waals surface area contributed by atoms with Crippen molar-refractivity contribution in [1.82, 2.24) is 44.4 Å². The van der Waals surface area contributed by atoms with Crippen molar-refractivity contribution in [3.05, 3.63) is 60.7 Å². The highest BCUT2D eigenvalue weighted by molar-refractivity contribution is 7.20. The van der Waals surface area contributed by atoms with Gasteiger partial charge in [0.1, 0.15) is 23.4 Å². The number of aromatic nitrogens is 6. The Morgan fingerprint density at radius 2 is 1.60 bits per heavy atom. The smallest absolute Gasteiger partial charge is 0.410 e. The molecule has 0 radical (unpaired) electrons. The third-order valence-electron chi connectivity index (χ3n) is 9.87. The van der Waals surface area contributed by atoms with E-state index in [9.17, 15) is 14.4 Å². The molecule has 1 aromatic carbocycles. The van der Waals surface area contributed by atoms with Crippen molar-refractivity contribution in [3.63, 3.8) is 0 Å². The zero-order valence-electron chi connectivity index (χ0n) is 29.9. The number of unbranched alkanes of at least 4 members (excludes halogenated alkanes) is 1. The fourth-order valence-electron chi connectivity index (χ4n) is 7.01. The largest absolute Gasteiger partial charge is 0.453 e. The molecule has 7 rings (SSSR count). The van der Waals surface area contributed by atoms with Gasteiger partial charge in [0, 0.05) is 25.5 Å². The van der Waals surface area contributed by atoms with E-state index >= 15 is 0 Å².